The molecule has 1 N–H and O–H groups in total. The summed E-state index contributed by atoms with van der Waals surface area (Å²) in [6, 6.07) is 0. The maximum atomic E-state index is 12.8. The van der Waals surface area contributed by atoms with Crippen molar-refractivity contribution in [1.82, 2.24) is 29.4 Å². The highest BCUT2D eigenvalue weighted by atomic mass is 16.3. The largest absolute Gasteiger partial charge is 0.385 e. The number of hydrogen-bond donors (Lipinski definition) is 1. The summed E-state index contributed by atoms with van der Waals surface area (Å²) in [7, 11) is 1.89. The van der Waals surface area contributed by atoms with Gasteiger partial charge in [-0.1, -0.05) is 24.5 Å². The topological polar surface area (TPSA) is 89.1 Å². The Morgan fingerprint density at radius 1 is 1.21 bits per heavy atom. The zero-order valence-electron chi connectivity index (χ0n) is 16.6. The van der Waals surface area contributed by atoms with E-state index in [1.807, 2.05) is 27.4 Å². The molecule has 0 spiro atoms. The third kappa shape index (κ3) is 4.11. The second-order valence-electron chi connectivity index (χ2n) is 8.30. The van der Waals surface area contributed by atoms with Crippen LogP contribution in [0.3, 0.4) is 0 Å². The molecule has 28 heavy (non-hydrogen) atoms. The standard InChI is InChI=1S/C20H30N6O2/c1-24-12-9-21-19(24)18(27)16-7-10-25(11-8-16)20(28)17-14-26(23-22-17)13-15-5-3-2-4-6-15/h9,12,14-16,18,27H,2-8,10-11,13H2,1H3/t18-/m1/s1. The molecule has 0 unspecified atom stereocenters. The summed E-state index contributed by atoms with van der Waals surface area (Å²) in [5.41, 5.74) is 0.430. The van der Waals surface area contributed by atoms with Crippen molar-refractivity contribution >= 4 is 5.91 Å². The fourth-order valence-electron chi connectivity index (χ4n) is 4.57. The number of hydrogen-bond acceptors (Lipinski definition) is 5. The van der Waals surface area contributed by atoms with Crippen LogP contribution in [0.5, 0.6) is 0 Å². The minimum absolute atomic E-state index is 0.0557. The quantitative estimate of drug-likeness (QED) is 0.851. The Morgan fingerprint density at radius 3 is 2.64 bits per heavy atom. The van der Waals surface area contributed by atoms with Gasteiger partial charge in [0, 0.05) is 39.1 Å². The zero-order valence-corrected chi connectivity index (χ0v) is 16.6. The van der Waals surface area contributed by atoms with Crippen molar-refractivity contribution in [2.45, 2.75) is 57.6 Å². The first-order valence-corrected chi connectivity index (χ1v) is 10.5. The summed E-state index contributed by atoms with van der Waals surface area (Å²) in [6.45, 7) is 2.11. The number of imidazole rings is 1. The van der Waals surface area contributed by atoms with Gasteiger partial charge in [0.05, 0.1) is 6.20 Å². The van der Waals surface area contributed by atoms with Crippen LogP contribution in [0.4, 0.5) is 0 Å². The van der Waals surface area contributed by atoms with Crippen molar-refractivity contribution < 1.29 is 9.90 Å². The molecular formula is C20H30N6O2. The smallest absolute Gasteiger partial charge is 0.276 e. The second-order valence-corrected chi connectivity index (χ2v) is 8.30. The number of rotatable bonds is 5. The lowest BCUT2D eigenvalue weighted by molar-refractivity contribution is 0.0417. The highest BCUT2D eigenvalue weighted by molar-refractivity contribution is 5.91. The summed E-state index contributed by atoms with van der Waals surface area (Å²) in [4.78, 5) is 18.9. The maximum Gasteiger partial charge on any atom is 0.276 e. The summed E-state index contributed by atoms with van der Waals surface area (Å²) in [5.74, 6) is 1.41. The summed E-state index contributed by atoms with van der Waals surface area (Å²) in [5, 5.41) is 18.9. The Bertz CT molecular complexity index is 786. The average Bonchev–Trinajstić information content (AvgIpc) is 3.37. The molecule has 152 valence electrons. The number of aryl methyl sites for hydroxylation is 1. The van der Waals surface area contributed by atoms with Gasteiger partial charge in [0.25, 0.3) is 5.91 Å². The number of aromatic nitrogens is 5. The minimum Gasteiger partial charge on any atom is -0.385 e. The van der Waals surface area contributed by atoms with Crippen molar-refractivity contribution in [3.8, 4) is 0 Å². The second kappa shape index (κ2) is 8.43. The van der Waals surface area contributed by atoms with E-state index in [1.54, 1.807) is 12.4 Å². The number of likely N-dealkylation sites (tertiary alicyclic amines) is 1. The van der Waals surface area contributed by atoms with Crippen molar-refractivity contribution in [1.29, 1.82) is 0 Å². The lowest BCUT2D eigenvalue weighted by Gasteiger charge is -2.33. The van der Waals surface area contributed by atoms with Crippen molar-refractivity contribution in [2.75, 3.05) is 13.1 Å². The Kier molecular flexibility index (Phi) is 5.75. The number of aliphatic hydroxyl groups excluding tert-OH is 1. The van der Waals surface area contributed by atoms with Gasteiger partial charge in [0.15, 0.2) is 5.69 Å². The van der Waals surface area contributed by atoms with Crippen LogP contribution >= 0.6 is 0 Å². The van der Waals surface area contributed by atoms with E-state index >= 15 is 0 Å². The van der Waals surface area contributed by atoms with E-state index in [4.69, 9.17) is 0 Å². The average molecular weight is 387 g/mol. The minimum atomic E-state index is -0.589. The molecule has 0 aromatic carbocycles. The first kappa shape index (κ1) is 19.1. The van der Waals surface area contributed by atoms with Crippen molar-refractivity contribution in [3.05, 3.63) is 30.1 Å². The predicted molar refractivity (Wildman–Crippen MR) is 103 cm³/mol. The van der Waals surface area contributed by atoms with Crippen LogP contribution in [0.1, 0.15) is 67.4 Å². The predicted octanol–water partition coefficient (Wildman–Crippen LogP) is 2.18. The van der Waals surface area contributed by atoms with Crippen LogP contribution in [0.2, 0.25) is 0 Å². The van der Waals surface area contributed by atoms with Gasteiger partial charge in [-0.3, -0.25) is 9.48 Å². The normalized spacial score (nSPS) is 20.4. The van der Waals surface area contributed by atoms with Crippen molar-refractivity contribution in [3.63, 3.8) is 0 Å². The van der Waals surface area contributed by atoms with E-state index in [0.29, 0.717) is 30.5 Å². The fourth-order valence-corrected chi connectivity index (χ4v) is 4.57. The lowest BCUT2D eigenvalue weighted by Crippen LogP contribution is -2.40. The molecule has 4 rings (SSSR count). The number of carbonyl (C=O) groups is 1. The molecule has 1 atom stereocenters. The summed E-state index contributed by atoms with van der Waals surface area (Å²) in [6.07, 6.45) is 12.7. The highest BCUT2D eigenvalue weighted by Gasteiger charge is 2.31. The van der Waals surface area contributed by atoms with Gasteiger partial charge in [0.2, 0.25) is 0 Å². The molecule has 1 amide bonds. The Hall–Kier alpha value is -2.22. The molecule has 2 fully saturated rings. The molecule has 1 aliphatic carbocycles. The molecule has 1 saturated carbocycles. The third-order valence-corrected chi connectivity index (χ3v) is 6.32. The summed E-state index contributed by atoms with van der Waals surface area (Å²) < 4.78 is 3.69. The fraction of sp³-hybridized carbons (Fsp3) is 0.700. The van der Waals surface area contributed by atoms with Crippen LogP contribution in [0.25, 0.3) is 0 Å². The van der Waals surface area contributed by atoms with E-state index < -0.39 is 6.10 Å². The van der Waals surface area contributed by atoms with Gasteiger partial charge in [-0.05, 0) is 37.5 Å². The Labute approximate surface area is 165 Å². The SMILES string of the molecule is Cn1ccnc1[C@H](O)C1CCN(C(=O)c2cn(CC3CCCCC3)nn2)CC1. The van der Waals surface area contributed by atoms with Crippen LogP contribution in [0, 0.1) is 11.8 Å². The number of carbonyl (C=O) groups excluding carboxylic acids is 1. The van der Waals surface area contributed by atoms with E-state index in [-0.39, 0.29) is 11.8 Å². The number of aliphatic hydroxyl groups is 1. The van der Waals surface area contributed by atoms with E-state index in [9.17, 15) is 9.90 Å². The first-order valence-electron chi connectivity index (χ1n) is 10.5. The van der Waals surface area contributed by atoms with E-state index in [0.717, 1.165) is 19.4 Å². The molecule has 2 aliphatic rings. The molecule has 0 bridgehead atoms. The Morgan fingerprint density at radius 2 is 1.96 bits per heavy atom. The van der Waals surface area contributed by atoms with Gasteiger partial charge < -0.3 is 14.6 Å². The van der Waals surface area contributed by atoms with E-state index in [2.05, 4.69) is 15.3 Å². The molecule has 1 aliphatic heterocycles. The Balaban J connectivity index is 1.31. The molecule has 2 aromatic heterocycles. The molecular weight excluding hydrogens is 356 g/mol. The molecule has 2 aromatic rings. The molecule has 0 radical (unpaired) electrons. The lowest BCUT2D eigenvalue weighted by atomic mass is 9.89. The third-order valence-electron chi connectivity index (χ3n) is 6.32. The zero-order chi connectivity index (χ0) is 19.5. The van der Waals surface area contributed by atoms with Gasteiger partial charge in [-0.25, -0.2) is 4.98 Å². The van der Waals surface area contributed by atoms with Crippen LogP contribution in [0.15, 0.2) is 18.6 Å². The van der Waals surface area contributed by atoms with Gasteiger partial charge in [-0.2, -0.15) is 0 Å². The first-order chi connectivity index (χ1) is 13.6. The van der Waals surface area contributed by atoms with E-state index in [1.165, 1.54) is 32.1 Å². The summed E-state index contributed by atoms with van der Waals surface area (Å²) >= 11 is 0. The maximum absolute atomic E-state index is 12.8. The van der Waals surface area contributed by atoms with Gasteiger partial charge in [-0.15, -0.1) is 5.10 Å². The van der Waals surface area contributed by atoms with Crippen LogP contribution in [-0.4, -0.2) is 53.5 Å². The van der Waals surface area contributed by atoms with Gasteiger partial charge in [0.1, 0.15) is 11.9 Å². The van der Waals surface area contributed by atoms with Gasteiger partial charge >= 0.3 is 0 Å². The molecule has 3 heterocycles. The number of amides is 1. The molecule has 1 saturated heterocycles. The monoisotopic (exact) mass is 386 g/mol. The number of piperidine rings is 1. The number of nitrogens with zero attached hydrogens (tertiary/aromatic N) is 6. The van der Waals surface area contributed by atoms with Crippen LogP contribution in [-0.2, 0) is 13.6 Å². The highest BCUT2D eigenvalue weighted by Crippen LogP contribution is 2.30. The molecule has 8 heteroatoms. The molecule has 8 nitrogen and oxygen atoms in total. The van der Waals surface area contributed by atoms with Crippen LogP contribution < -0.4 is 0 Å². The van der Waals surface area contributed by atoms with Crippen molar-refractivity contribution in [2.24, 2.45) is 18.9 Å².